The average molecular weight is 409 g/mol. The summed E-state index contributed by atoms with van der Waals surface area (Å²) in [6.07, 6.45) is 2.12. The lowest BCUT2D eigenvalue weighted by Gasteiger charge is -2.16. The summed E-state index contributed by atoms with van der Waals surface area (Å²) in [5.74, 6) is 0.651. The number of hydrogen-bond acceptors (Lipinski definition) is 9. The van der Waals surface area contributed by atoms with Crippen LogP contribution >= 0.6 is 0 Å². The molecule has 0 fully saturated rings. The van der Waals surface area contributed by atoms with Crippen molar-refractivity contribution in [2.24, 2.45) is 0 Å². The molecule has 0 saturated carbocycles. The van der Waals surface area contributed by atoms with Crippen molar-refractivity contribution in [3.63, 3.8) is 0 Å². The number of nitrogens with zero attached hydrogens (tertiary/aromatic N) is 5. The molecule has 1 aromatic heterocycles. The van der Waals surface area contributed by atoms with Gasteiger partial charge >= 0.3 is 0 Å². The van der Waals surface area contributed by atoms with Crippen LogP contribution in [0, 0.1) is 11.5 Å². The first-order valence-corrected chi connectivity index (χ1v) is 9.37. The van der Waals surface area contributed by atoms with Crippen molar-refractivity contribution in [3.8, 4) is 6.19 Å². The zero-order valence-corrected chi connectivity index (χ0v) is 16.4. The Morgan fingerprint density at radius 3 is 1.74 bits per heavy atom. The van der Waals surface area contributed by atoms with Crippen molar-refractivity contribution in [1.82, 2.24) is 15.0 Å². The summed E-state index contributed by atoms with van der Waals surface area (Å²) >= 11 is 0. The Balaban J connectivity index is 1.75. The number of nitriles is 1. The summed E-state index contributed by atoms with van der Waals surface area (Å²) in [6, 6.07) is 23.5. The van der Waals surface area contributed by atoms with Crippen LogP contribution in [0.5, 0.6) is 0 Å². The SMILES string of the molecule is N#CN(c1ccccc1)c1nc(Nc2cccc(N)c2)nc(Nc2cccc(N)c2)n1. The second-order valence-corrected chi connectivity index (χ2v) is 6.55. The third-order valence-corrected chi connectivity index (χ3v) is 4.22. The van der Waals surface area contributed by atoms with Crippen molar-refractivity contribution >= 4 is 46.3 Å². The minimum atomic E-state index is 0.154. The van der Waals surface area contributed by atoms with Crippen molar-refractivity contribution in [1.29, 1.82) is 5.26 Å². The standard InChI is InChI=1S/C22H19N9/c23-14-31(19-10-2-1-3-11-19)22-29-20(26-17-8-4-6-15(24)12-17)28-21(30-22)27-18-9-5-7-16(25)13-18/h1-13H,24-25H2,(H2,26,27,28,29,30). The van der Waals surface area contributed by atoms with Crippen LogP contribution in [0.3, 0.4) is 0 Å². The van der Waals surface area contributed by atoms with E-state index in [1.807, 2.05) is 42.5 Å². The first kappa shape index (κ1) is 19.5. The monoisotopic (exact) mass is 409 g/mol. The highest BCUT2D eigenvalue weighted by Crippen LogP contribution is 2.26. The van der Waals surface area contributed by atoms with E-state index < -0.39 is 0 Å². The number of hydrogen-bond donors (Lipinski definition) is 4. The maximum absolute atomic E-state index is 9.77. The van der Waals surface area contributed by atoms with E-state index in [2.05, 4.69) is 31.8 Å². The lowest BCUT2D eigenvalue weighted by Crippen LogP contribution is -2.15. The number of rotatable bonds is 6. The largest absolute Gasteiger partial charge is 0.399 e. The Hall–Kier alpha value is -4.84. The Labute approximate surface area is 179 Å². The van der Waals surface area contributed by atoms with Crippen molar-refractivity contribution in [3.05, 3.63) is 78.9 Å². The van der Waals surface area contributed by atoms with Gasteiger partial charge in [-0.3, -0.25) is 0 Å². The minimum absolute atomic E-state index is 0.154. The van der Waals surface area contributed by atoms with Crippen LogP contribution in [0.15, 0.2) is 78.9 Å². The highest BCUT2D eigenvalue weighted by molar-refractivity contribution is 5.67. The van der Waals surface area contributed by atoms with Gasteiger partial charge in [0.25, 0.3) is 0 Å². The van der Waals surface area contributed by atoms with Gasteiger partial charge in [0.15, 0.2) is 6.19 Å². The molecule has 0 saturated heterocycles. The van der Waals surface area contributed by atoms with Crippen LogP contribution in [0.1, 0.15) is 0 Å². The van der Waals surface area contributed by atoms with Crippen molar-refractivity contribution < 1.29 is 0 Å². The van der Waals surface area contributed by atoms with E-state index in [9.17, 15) is 5.26 Å². The van der Waals surface area contributed by atoms with Gasteiger partial charge in [0, 0.05) is 22.7 Å². The lowest BCUT2D eigenvalue weighted by molar-refractivity contribution is 1.02. The van der Waals surface area contributed by atoms with Crippen LogP contribution in [0.2, 0.25) is 0 Å². The summed E-state index contributed by atoms with van der Waals surface area (Å²) in [4.78, 5) is 14.6. The highest BCUT2D eigenvalue weighted by Gasteiger charge is 2.16. The van der Waals surface area contributed by atoms with Gasteiger partial charge < -0.3 is 22.1 Å². The lowest BCUT2D eigenvalue weighted by atomic mass is 10.3. The number of anilines is 8. The molecule has 0 aliphatic carbocycles. The van der Waals surface area contributed by atoms with Gasteiger partial charge in [0.1, 0.15) is 0 Å². The van der Waals surface area contributed by atoms with Crippen molar-refractivity contribution in [2.45, 2.75) is 0 Å². The predicted molar refractivity (Wildman–Crippen MR) is 122 cm³/mol. The van der Waals surface area contributed by atoms with E-state index in [0.29, 0.717) is 28.4 Å². The summed E-state index contributed by atoms with van der Waals surface area (Å²) < 4.78 is 0. The molecule has 1 heterocycles. The molecule has 0 unspecified atom stereocenters. The number of nitrogens with one attached hydrogen (secondary N) is 2. The quantitative estimate of drug-likeness (QED) is 0.210. The third kappa shape index (κ3) is 4.78. The fourth-order valence-corrected chi connectivity index (χ4v) is 2.86. The maximum atomic E-state index is 9.77. The Bertz CT molecular complexity index is 1170. The number of benzene rings is 3. The predicted octanol–water partition coefficient (Wildman–Crippen LogP) is 4.14. The molecule has 3 aromatic carbocycles. The maximum Gasteiger partial charge on any atom is 0.250 e. The van der Waals surface area contributed by atoms with Gasteiger partial charge in [-0.05, 0) is 48.5 Å². The molecule has 4 rings (SSSR count). The summed E-state index contributed by atoms with van der Waals surface area (Å²) in [7, 11) is 0. The number of nitrogen functional groups attached to an aromatic ring is 2. The van der Waals surface area contributed by atoms with E-state index in [1.54, 1.807) is 36.4 Å². The van der Waals surface area contributed by atoms with Crippen LogP contribution in [-0.2, 0) is 0 Å². The smallest absolute Gasteiger partial charge is 0.250 e. The Morgan fingerprint density at radius 1 is 0.710 bits per heavy atom. The number of nitrogens with two attached hydrogens (primary N) is 2. The zero-order chi connectivity index (χ0) is 21.6. The fraction of sp³-hybridized carbons (Fsp3) is 0. The molecule has 0 aliphatic heterocycles. The van der Waals surface area contributed by atoms with E-state index in [4.69, 9.17) is 11.5 Å². The van der Waals surface area contributed by atoms with Gasteiger partial charge in [-0.15, -0.1) is 0 Å². The van der Waals surface area contributed by atoms with Crippen LogP contribution in [0.25, 0.3) is 0 Å². The molecular weight excluding hydrogens is 390 g/mol. The molecule has 0 bridgehead atoms. The second kappa shape index (κ2) is 8.67. The highest BCUT2D eigenvalue weighted by atomic mass is 15.3. The van der Waals surface area contributed by atoms with E-state index in [0.717, 1.165) is 0 Å². The van der Waals surface area contributed by atoms with Gasteiger partial charge in [0.2, 0.25) is 17.8 Å². The first-order chi connectivity index (χ1) is 15.1. The molecule has 0 aliphatic rings. The minimum Gasteiger partial charge on any atom is -0.399 e. The topological polar surface area (TPSA) is 142 Å². The van der Waals surface area contributed by atoms with Gasteiger partial charge in [-0.25, -0.2) is 4.90 Å². The van der Waals surface area contributed by atoms with E-state index >= 15 is 0 Å². The fourth-order valence-electron chi connectivity index (χ4n) is 2.86. The summed E-state index contributed by atoms with van der Waals surface area (Å²) in [5, 5.41) is 16.0. The van der Waals surface area contributed by atoms with E-state index in [-0.39, 0.29) is 17.8 Å². The normalized spacial score (nSPS) is 10.2. The van der Waals surface area contributed by atoms with Crippen LogP contribution in [-0.4, -0.2) is 15.0 Å². The molecule has 0 radical (unpaired) electrons. The third-order valence-electron chi connectivity index (χ3n) is 4.22. The molecule has 6 N–H and O–H groups in total. The Kier molecular flexibility index (Phi) is 5.45. The zero-order valence-electron chi connectivity index (χ0n) is 16.4. The molecule has 9 nitrogen and oxygen atoms in total. The van der Waals surface area contributed by atoms with Crippen LogP contribution in [0.4, 0.5) is 46.3 Å². The Morgan fingerprint density at radius 2 is 1.26 bits per heavy atom. The molecule has 4 aromatic rings. The van der Waals surface area contributed by atoms with Gasteiger partial charge in [-0.2, -0.15) is 20.2 Å². The summed E-state index contributed by atoms with van der Waals surface area (Å²) in [5.41, 5.74) is 15.0. The van der Waals surface area contributed by atoms with E-state index in [1.165, 1.54) is 4.90 Å². The molecule has 0 atom stereocenters. The average Bonchev–Trinajstić information content (AvgIpc) is 2.75. The molecule has 31 heavy (non-hydrogen) atoms. The van der Waals surface area contributed by atoms with Crippen molar-refractivity contribution in [2.75, 3.05) is 27.0 Å². The number of aromatic nitrogens is 3. The second-order valence-electron chi connectivity index (χ2n) is 6.55. The van der Waals surface area contributed by atoms with Gasteiger partial charge in [-0.1, -0.05) is 30.3 Å². The first-order valence-electron chi connectivity index (χ1n) is 9.37. The molecule has 0 amide bonds. The number of para-hydroxylation sites is 1. The molecule has 0 spiro atoms. The van der Waals surface area contributed by atoms with Crippen LogP contribution < -0.4 is 27.0 Å². The van der Waals surface area contributed by atoms with Gasteiger partial charge in [0.05, 0.1) is 5.69 Å². The molecule has 9 heteroatoms. The molecule has 152 valence electrons. The molecular formula is C22H19N9. The summed E-state index contributed by atoms with van der Waals surface area (Å²) in [6.45, 7) is 0.